The molecule has 0 bridgehead atoms. The van der Waals surface area contributed by atoms with Crippen LogP contribution in [0.4, 0.5) is 0 Å². The van der Waals surface area contributed by atoms with Crippen LogP contribution >= 0.6 is 0 Å². The molecule has 0 fully saturated rings. The Labute approximate surface area is 197 Å². The zero-order chi connectivity index (χ0) is 23.3. The second-order valence-electron chi connectivity index (χ2n) is 8.88. The minimum absolute atomic E-state index is 0.263. The predicted octanol–water partition coefficient (Wildman–Crippen LogP) is 7.24. The molecule has 0 unspecified atom stereocenters. The van der Waals surface area contributed by atoms with Gasteiger partial charge in [0.25, 0.3) is 0 Å². The average molecular weight is 436 g/mol. The first kappa shape index (κ1) is 22.7. The summed E-state index contributed by atoms with van der Waals surface area (Å²) in [7, 11) is 1.71. The van der Waals surface area contributed by atoms with Crippen molar-refractivity contribution in [3.63, 3.8) is 0 Å². The zero-order valence-electron chi connectivity index (χ0n) is 19.9. The highest BCUT2D eigenvalue weighted by molar-refractivity contribution is 5.50. The smallest absolute Gasteiger partial charge is 0.127 e. The van der Waals surface area contributed by atoms with Gasteiger partial charge in [-0.3, -0.25) is 0 Å². The highest BCUT2D eigenvalue weighted by Crippen LogP contribution is 2.41. The molecule has 0 heterocycles. The fourth-order valence-electron chi connectivity index (χ4n) is 4.28. The average Bonchev–Trinajstić information content (AvgIpc) is 2.84. The molecule has 4 aromatic rings. The summed E-state index contributed by atoms with van der Waals surface area (Å²) in [4.78, 5) is 0. The Balaban J connectivity index is 1.76. The molecule has 0 spiro atoms. The van der Waals surface area contributed by atoms with Gasteiger partial charge in [0.15, 0.2) is 0 Å². The van der Waals surface area contributed by atoms with Crippen LogP contribution in [0, 0.1) is 19.9 Å². The van der Waals surface area contributed by atoms with E-state index in [1.165, 1.54) is 22.3 Å². The minimum atomic E-state index is -0.263. The molecule has 2 heteroatoms. The van der Waals surface area contributed by atoms with E-state index in [0.717, 1.165) is 29.0 Å². The first-order valence-electron chi connectivity index (χ1n) is 11.4. The van der Waals surface area contributed by atoms with Gasteiger partial charge in [-0.1, -0.05) is 96.9 Å². The predicted molar refractivity (Wildman–Crippen MR) is 135 cm³/mol. The number of hydrogen-bond acceptors (Lipinski definition) is 2. The zero-order valence-corrected chi connectivity index (χ0v) is 19.9. The number of ether oxygens (including phenoxy) is 2. The number of hydrogen-bond donors (Lipinski definition) is 0. The van der Waals surface area contributed by atoms with Gasteiger partial charge >= 0.3 is 0 Å². The Morgan fingerprint density at radius 1 is 0.727 bits per heavy atom. The Bertz CT molecular complexity index is 1130. The van der Waals surface area contributed by atoms with Gasteiger partial charge < -0.3 is 9.47 Å². The van der Waals surface area contributed by atoms with E-state index in [1.807, 2.05) is 30.3 Å². The van der Waals surface area contributed by atoms with Crippen molar-refractivity contribution in [2.45, 2.75) is 39.2 Å². The molecule has 2 nitrogen and oxygen atoms in total. The van der Waals surface area contributed by atoms with Crippen molar-refractivity contribution in [2.24, 2.45) is 0 Å². The number of aryl methyl sites for hydroxylation is 2. The molecule has 0 amide bonds. The maximum absolute atomic E-state index is 6.31. The van der Waals surface area contributed by atoms with Crippen molar-refractivity contribution in [3.8, 4) is 11.5 Å². The van der Waals surface area contributed by atoms with Gasteiger partial charge in [0.2, 0.25) is 0 Å². The highest BCUT2D eigenvalue weighted by Gasteiger charge is 2.32. The van der Waals surface area contributed by atoms with Crippen LogP contribution < -0.4 is 9.47 Å². The van der Waals surface area contributed by atoms with E-state index in [-0.39, 0.29) is 5.41 Å². The number of rotatable bonds is 8. The van der Waals surface area contributed by atoms with Crippen LogP contribution in [-0.4, -0.2) is 7.11 Å². The van der Waals surface area contributed by atoms with Crippen LogP contribution in [0.1, 0.15) is 40.3 Å². The van der Waals surface area contributed by atoms with Gasteiger partial charge in [-0.2, -0.15) is 0 Å². The minimum Gasteiger partial charge on any atom is -0.496 e. The van der Waals surface area contributed by atoms with E-state index < -0.39 is 0 Å². The van der Waals surface area contributed by atoms with Crippen molar-refractivity contribution in [1.29, 1.82) is 0 Å². The Morgan fingerprint density at radius 2 is 1.27 bits per heavy atom. The molecular weight excluding hydrogens is 404 g/mol. The monoisotopic (exact) mass is 435 g/mol. The van der Waals surface area contributed by atoms with Gasteiger partial charge in [0, 0.05) is 11.0 Å². The maximum Gasteiger partial charge on any atom is 0.127 e. The van der Waals surface area contributed by atoms with Gasteiger partial charge in [-0.05, 0) is 55.2 Å². The van der Waals surface area contributed by atoms with E-state index in [4.69, 9.17) is 9.47 Å². The highest BCUT2D eigenvalue weighted by atomic mass is 16.5. The molecular formula is C31H31O2. The van der Waals surface area contributed by atoms with Crippen LogP contribution in [-0.2, 0) is 18.4 Å². The third-order valence-corrected chi connectivity index (χ3v) is 6.39. The van der Waals surface area contributed by atoms with Crippen molar-refractivity contribution >= 4 is 0 Å². The topological polar surface area (TPSA) is 18.5 Å². The molecule has 0 aromatic heterocycles. The normalized spacial score (nSPS) is 11.3. The summed E-state index contributed by atoms with van der Waals surface area (Å²) in [6.45, 7) is 7.05. The number of benzene rings is 4. The molecule has 167 valence electrons. The lowest BCUT2D eigenvalue weighted by Crippen LogP contribution is -2.27. The molecule has 0 aliphatic carbocycles. The van der Waals surface area contributed by atoms with Crippen LogP contribution in [0.5, 0.6) is 11.5 Å². The fourth-order valence-corrected chi connectivity index (χ4v) is 4.28. The number of methoxy groups -OCH3 is 1. The lowest BCUT2D eigenvalue weighted by atomic mass is 9.71. The fraction of sp³-hybridized carbons (Fsp3) is 0.226. The molecule has 0 aliphatic heterocycles. The third-order valence-electron chi connectivity index (χ3n) is 6.39. The van der Waals surface area contributed by atoms with Crippen molar-refractivity contribution in [3.05, 3.63) is 130 Å². The van der Waals surface area contributed by atoms with E-state index in [9.17, 15) is 0 Å². The first-order valence-corrected chi connectivity index (χ1v) is 11.4. The summed E-state index contributed by atoms with van der Waals surface area (Å²) in [6.07, 6.45) is 0.737. The summed E-state index contributed by atoms with van der Waals surface area (Å²) >= 11 is 0. The van der Waals surface area contributed by atoms with Crippen molar-refractivity contribution < 1.29 is 9.47 Å². The Kier molecular flexibility index (Phi) is 6.84. The lowest BCUT2D eigenvalue weighted by Gasteiger charge is -2.33. The lowest BCUT2D eigenvalue weighted by molar-refractivity contribution is 0.297. The molecule has 0 aliphatic rings. The quantitative estimate of drug-likeness (QED) is 0.290. The summed E-state index contributed by atoms with van der Waals surface area (Å²) in [5.74, 6) is 1.61. The van der Waals surface area contributed by atoms with E-state index in [0.29, 0.717) is 6.61 Å². The molecule has 0 saturated carbocycles. The molecule has 4 rings (SSSR count). The Hall–Kier alpha value is -3.52. The standard InChI is InChI=1S/C31H31O2/c1-23-13-17-26(18-14-23)31(3,27-19-15-24(2)16-20-27)21-28-29(32-4)11-8-12-30(28)33-22-25-9-6-5-7-10-25/h5-7,9-20H,21-22H2,1-4H3. The van der Waals surface area contributed by atoms with Crippen LogP contribution in [0.3, 0.4) is 0 Å². The van der Waals surface area contributed by atoms with Crippen molar-refractivity contribution in [1.82, 2.24) is 0 Å². The largest absolute Gasteiger partial charge is 0.496 e. The van der Waals surface area contributed by atoms with Gasteiger partial charge in [0.1, 0.15) is 18.1 Å². The molecule has 33 heavy (non-hydrogen) atoms. The van der Waals surface area contributed by atoms with Gasteiger partial charge in [-0.25, -0.2) is 0 Å². The SMILES string of the molecule is COc1c[c]cc(OCc2ccccc2)c1CC(C)(c1ccc(C)cc1)c1ccc(C)cc1. The van der Waals surface area contributed by atoms with E-state index >= 15 is 0 Å². The van der Waals surface area contributed by atoms with E-state index in [2.05, 4.69) is 87.5 Å². The summed E-state index contributed by atoms with van der Waals surface area (Å²) in [5, 5.41) is 0. The van der Waals surface area contributed by atoms with E-state index in [1.54, 1.807) is 7.11 Å². The van der Waals surface area contributed by atoms with Crippen molar-refractivity contribution in [2.75, 3.05) is 7.11 Å². The molecule has 4 aromatic carbocycles. The molecule has 0 saturated heterocycles. The maximum atomic E-state index is 6.31. The summed E-state index contributed by atoms with van der Waals surface area (Å²) in [5.41, 5.74) is 6.96. The van der Waals surface area contributed by atoms with Crippen LogP contribution in [0.2, 0.25) is 0 Å². The molecule has 0 atom stereocenters. The summed E-state index contributed by atoms with van der Waals surface area (Å²) in [6, 6.07) is 34.9. The molecule has 0 N–H and O–H groups in total. The summed E-state index contributed by atoms with van der Waals surface area (Å²) < 4.78 is 12.1. The van der Waals surface area contributed by atoms with Gasteiger partial charge in [0.05, 0.1) is 7.11 Å². The Morgan fingerprint density at radius 3 is 1.82 bits per heavy atom. The van der Waals surface area contributed by atoms with Gasteiger partial charge in [-0.15, -0.1) is 0 Å². The molecule has 1 radical (unpaired) electrons. The first-order chi connectivity index (χ1) is 16.0. The second kappa shape index (κ2) is 9.95. The van der Waals surface area contributed by atoms with Crippen LogP contribution in [0.15, 0.2) is 91.0 Å². The second-order valence-corrected chi connectivity index (χ2v) is 8.88. The third kappa shape index (κ3) is 5.12. The van der Waals surface area contributed by atoms with Crippen LogP contribution in [0.25, 0.3) is 0 Å².